The highest BCUT2D eigenvalue weighted by molar-refractivity contribution is 7.91. The molecular formula is C27H31F3N6O3S. The van der Waals surface area contributed by atoms with Crippen LogP contribution in [-0.2, 0) is 16.4 Å². The first-order valence-electron chi connectivity index (χ1n) is 13.2. The summed E-state index contributed by atoms with van der Waals surface area (Å²) in [5.41, 5.74) is 2.80. The van der Waals surface area contributed by atoms with Crippen LogP contribution in [0.4, 0.5) is 18.9 Å². The summed E-state index contributed by atoms with van der Waals surface area (Å²) in [6, 6.07) is 14.4. The number of carbonyl (C=O) groups excluding carboxylic acids is 1. The van der Waals surface area contributed by atoms with Gasteiger partial charge in [0, 0.05) is 42.4 Å². The number of anilines is 1. The van der Waals surface area contributed by atoms with Crippen LogP contribution in [0.1, 0.15) is 40.5 Å². The number of nitrogens with zero attached hydrogens (tertiary/aromatic N) is 4. The van der Waals surface area contributed by atoms with Crippen molar-refractivity contribution >= 4 is 21.4 Å². The van der Waals surface area contributed by atoms with E-state index in [1.54, 1.807) is 30.3 Å². The van der Waals surface area contributed by atoms with Crippen molar-refractivity contribution < 1.29 is 26.4 Å². The number of halogens is 3. The van der Waals surface area contributed by atoms with E-state index in [0.717, 1.165) is 11.1 Å². The van der Waals surface area contributed by atoms with Crippen molar-refractivity contribution in [1.29, 1.82) is 0 Å². The summed E-state index contributed by atoms with van der Waals surface area (Å²) in [5.74, 6) is 1.25. The van der Waals surface area contributed by atoms with Crippen molar-refractivity contribution in [1.82, 2.24) is 25.0 Å². The summed E-state index contributed by atoms with van der Waals surface area (Å²) in [6.45, 7) is 1.39. The molecule has 0 bridgehead atoms. The monoisotopic (exact) mass is 576 g/mol. The van der Waals surface area contributed by atoms with Crippen LogP contribution in [0.3, 0.4) is 0 Å². The van der Waals surface area contributed by atoms with Crippen LogP contribution in [-0.4, -0.2) is 89.7 Å². The normalized spacial score (nSPS) is 19.0. The van der Waals surface area contributed by atoms with Gasteiger partial charge in [0.1, 0.15) is 5.82 Å². The number of likely N-dealkylation sites (tertiary alicyclic amines) is 1. The molecule has 2 aliphatic heterocycles. The molecule has 0 atom stereocenters. The number of carbonyl (C=O) groups is 1. The van der Waals surface area contributed by atoms with Gasteiger partial charge in [0.05, 0.1) is 18.1 Å². The van der Waals surface area contributed by atoms with Gasteiger partial charge in [0.25, 0.3) is 5.91 Å². The lowest BCUT2D eigenvalue weighted by Gasteiger charge is -2.31. The molecule has 214 valence electrons. The van der Waals surface area contributed by atoms with Crippen LogP contribution < -0.4 is 5.32 Å². The quantitative estimate of drug-likeness (QED) is 0.441. The molecule has 9 nitrogen and oxygen atoms in total. The van der Waals surface area contributed by atoms with Gasteiger partial charge >= 0.3 is 6.18 Å². The predicted molar refractivity (Wildman–Crippen MR) is 145 cm³/mol. The van der Waals surface area contributed by atoms with E-state index in [1.807, 2.05) is 18.2 Å². The number of amides is 1. The molecule has 40 heavy (non-hydrogen) atoms. The molecule has 1 amide bonds. The first-order valence-corrected chi connectivity index (χ1v) is 15.0. The van der Waals surface area contributed by atoms with Crippen molar-refractivity contribution in [2.75, 3.05) is 49.5 Å². The van der Waals surface area contributed by atoms with Crippen LogP contribution in [0.25, 0.3) is 11.4 Å². The van der Waals surface area contributed by atoms with Gasteiger partial charge in [-0.1, -0.05) is 12.1 Å². The maximum Gasteiger partial charge on any atom is 0.401 e. The molecule has 0 saturated carbocycles. The van der Waals surface area contributed by atoms with E-state index in [4.69, 9.17) is 0 Å². The largest absolute Gasteiger partial charge is 0.401 e. The molecule has 3 heterocycles. The van der Waals surface area contributed by atoms with Gasteiger partial charge in [-0.3, -0.25) is 19.7 Å². The molecule has 0 spiro atoms. The van der Waals surface area contributed by atoms with Crippen molar-refractivity contribution in [2.45, 2.75) is 31.5 Å². The Morgan fingerprint density at radius 3 is 2.38 bits per heavy atom. The number of H-pyrrole nitrogens is 1. The lowest BCUT2D eigenvalue weighted by Crippen LogP contribution is -2.39. The number of benzene rings is 2. The summed E-state index contributed by atoms with van der Waals surface area (Å²) < 4.78 is 61.2. The highest BCUT2D eigenvalue weighted by atomic mass is 32.2. The molecule has 1 aromatic heterocycles. The van der Waals surface area contributed by atoms with E-state index in [1.165, 1.54) is 4.90 Å². The number of nitrogens with one attached hydrogen (secondary N) is 2. The molecule has 2 fully saturated rings. The fraction of sp³-hybridized carbons (Fsp3) is 0.444. The fourth-order valence-corrected chi connectivity index (χ4v) is 6.36. The van der Waals surface area contributed by atoms with E-state index >= 15 is 0 Å². The SMILES string of the molecule is O=C(Nc1ccc(-c2n[nH]c(C3CCN(CC(F)(F)F)CC3)n2)cc1)c1cccc(CN2CCS(=O)(=O)CC2)c1. The third-order valence-electron chi connectivity index (χ3n) is 7.31. The maximum absolute atomic E-state index is 12.9. The Labute approximate surface area is 230 Å². The molecule has 2 aliphatic rings. The second-order valence-electron chi connectivity index (χ2n) is 10.4. The molecular weight excluding hydrogens is 545 g/mol. The van der Waals surface area contributed by atoms with Gasteiger partial charge in [0.2, 0.25) is 0 Å². The summed E-state index contributed by atoms with van der Waals surface area (Å²) in [7, 11) is -2.94. The number of hydrogen-bond acceptors (Lipinski definition) is 7. The topological polar surface area (TPSA) is 111 Å². The summed E-state index contributed by atoms with van der Waals surface area (Å²) in [5, 5.41) is 10.1. The molecule has 2 saturated heterocycles. The zero-order valence-corrected chi connectivity index (χ0v) is 22.6. The number of piperidine rings is 1. The third-order valence-corrected chi connectivity index (χ3v) is 8.92. The summed E-state index contributed by atoms with van der Waals surface area (Å²) >= 11 is 0. The average Bonchev–Trinajstić information content (AvgIpc) is 3.40. The highest BCUT2D eigenvalue weighted by Gasteiger charge is 2.33. The number of hydrogen-bond donors (Lipinski definition) is 2. The first-order chi connectivity index (χ1) is 19.0. The zero-order chi connectivity index (χ0) is 28.3. The van der Waals surface area contributed by atoms with Crippen LogP contribution in [0.5, 0.6) is 0 Å². The van der Waals surface area contributed by atoms with Gasteiger partial charge in [-0.05, 0) is 67.9 Å². The van der Waals surface area contributed by atoms with Crippen molar-refractivity contribution in [3.8, 4) is 11.4 Å². The second-order valence-corrected chi connectivity index (χ2v) is 12.7. The van der Waals surface area contributed by atoms with Crippen molar-refractivity contribution in [2.24, 2.45) is 0 Å². The van der Waals surface area contributed by atoms with Crippen LogP contribution in [0.2, 0.25) is 0 Å². The zero-order valence-electron chi connectivity index (χ0n) is 21.8. The molecule has 0 radical (unpaired) electrons. The van der Waals surface area contributed by atoms with Crippen molar-refractivity contribution in [3.63, 3.8) is 0 Å². The Morgan fingerprint density at radius 2 is 1.70 bits per heavy atom. The van der Waals surface area contributed by atoms with Crippen LogP contribution in [0.15, 0.2) is 48.5 Å². The summed E-state index contributed by atoms with van der Waals surface area (Å²) in [4.78, 5) is 20.9. The van der Waals surface area contributed by atoms with E-state index in [9.17, 15) is 26.4 Å². The molecule has 2 N–H and O–H groups in total. The standard InChI is InChI=1S/C27H31F3N6O3S/c28-27(29,30)18-36-10-8-21(9-11-36)25-32-24(33-34-25)20-4-6-23(7-5-20)31-26(37)22-3-1-2-19(16-22)17-35-12-14-40(38,39)15-13-35/h1-7,16,21H,8-15,17-18H2,(H,31,37)(H,32,33,34). The van der Waals surface area contributed by atoms with E-state index in [0.29, 0.717) is 68.5 Å². The Morgan fingerprint density at radius 1 is 1.00 bits per heavy atom. The minimum atomic E-state index is -4.19. The molecule has 5 rings (SSSR count). The van der Waals surface area contributed by atoms with Crippen molar-refractivity contribution in [3.05, 3.63) is 65.5 Å². The number of rotatable bonds is 7. The molecule has 0 aliphatic carbocycles. The number of sulfone groups is 1. The number of aromatic nitrogens is 3. The van der Waals surface area contributed by atoms with Gasteiger partial charge in [0.15, 0.2) is 15.7 Å². The smallest absolute Gasteiger partial charge is 0.322 e. The third kappa shape index (κ3) is 7.46. The Bertz CT molecular complexity index is 1420. The van der Waals surface area contributed by atoms with E-state index in [2.05, 4.69) is 25.4 Å². The Balaban J connectivity index is 1.15. The molecule has 13 heteroatoms. The average molecular weight is 577 g/mol. The summed E-state index contributed by atoms with van der Waals surface area (Å²) in [6.07, 6.45) is -3.03. The Hall–Kier alpha value is -3.29. The molecule has 3 aromatic rings. The van der Waals surface area contributed by atoms with Crippen LogP contribution >= 0.6 is 0 Å². The second kappa shape index (κ2) is 11.7. The van der Waals surface area contributed by atoms with Gasteiger partial charge in [-0.2, -0.15) is 18.3 Å². The lowest BCUT2D eigenvalue weighted by atomic mass is 9.96. The first kappa shape index (κ1) is 28.2. The van der Waals surface area contributed by atoms with Gasteiger partial charge in [-0.15, -0.1) is 0 Å². The molecule has 2 aromatic carbocycles. The van der Waals surface area contributed by atoms with Gasteiger partial charge in [-0.25, -0.2) is 13.4 Å². The Kier molecular flexibility index (Phi) is 8.24. The minimum Gasteiger partial charge on any atom is -0.322 e. The fourth-order valence-electron chi connectivity index (χ4n) is 5.09. The predicted octanol–water partition coefficient (Wildman–Crippen LogP) is 3.70. The number of aromatic amines is 1. The highest BCUT2D eigenvalue weighted by Crippen LogP contribution is 2.29. The van der Waals surface area contributed by atoms with E-state index in [-0.39, 0.29) is 23.3 Å². The maximum atomic E-state index is 12.9. The van der Waals surface area contributed by atoms with E-state index < -0.39 is 22.6 Å². The lowest BCUT2D eigenvalue weighted by molar-refractivity contribution is -0.148. The number of alkyl halides is 3. The molecule has 0 unspecified atom stereocenters. The van der Waals surface area contributed by atoms with Gasteiger partial charge < -0.3 is 5.32 Å². The minimum absolute atomic E-state index is 0.0306. The van der Waals surface area contributed by atoms with Crippen LogP contribution in [0, 0.1) is 0 Å².